The average molecular weight is 395 g/mol. The first-order valence-electron chi connectivity index (χ1n) is 9.21. The summed E-state index contributed by atoms with van der Waals surface area (Å²) in [5.41, 5.74) is 3.05. The van der Waals surface area contributed by atoms with Gasteiger partial charge in [-0.2, -0.15) is 0 Å². The van der Waals surface area contributed by atoms with Gasteiger partial charge in [-0.25, -0.2) is 9.97 Å². The third-order valence-corrected chi connectivity index (χ3v) is 5.40. The number of nitrogens with zero attached hydrogens (tertiary/aromatic N) is 3. The number of nitrogens with one attached hydrogen (secondary N) is 1. The van der Waals surface area contributed by atoms with Crippen LogP contribution in [0.1, 0.15) is 5.56 Å². The van der Waals surface area contributed by atoms with E-state index in [2.05, 4.69) is 32.3 Å². The molecule has 0 aliphatic carbocycles. The smallest absolute Gasteiger partial charge is 0.228 e. The fourth-order valence-corrected chi connectivity index (χ4v) is 3.72. The van der Waals surface area contributed by atoms with Crippen LogP contribution in [0.2, 0.25) is 0 Å². The summed E-state index contributed by atoms with van der Waals surface area (Å²) >= 11 is 1.56. The van der Waals surface area contributed by atoms with E-state index in [9.17, 15) is 0 Å². The van der Waals surface area contributed by atoms with Gasteiger partial charge in [0, 0.05) is 35.6 Å². The lowest BCUT2D eigenvalue weighted by Crippen LogP contribution is -2.36. The van der Waals surface area contributed by atoms with Crippen LogP contribution in [0.15, 0.2) is 70.7 Å². The highest BCUT2D eigenvalue weighted by Crippen LogP contribution is 2.27. The van der Waals surface area contributed by atoms with Crippen molar-refractivity contribution < 1.29 is 9.84 Å². The summed E-state index contributed by atoms with van der Waals surface area (Å²) in [5, 5.41) is 13.3. The molecule has 0 radical (unpaired) electrons. The van der Waals surface area contributed by atoms with E-state index < -0.39 is 0 Å². The fourth-order valence-electron chi connectivity index (χ4n) is 2.95. The molecule has 0 atom stereocenters. The van der Waals surface area contributed by atoms with Gasteiger partial charge < -0.3 is 20.1 Å². The van der Waals surface area contributed by atoms with E-state index in [1.807, 2.05) is 42.5 Å². The van der Waals surface area contributed by atoms with Gasteiger partial charge in [-0.15, -0.1) is 0 Å². The summed E-state index contributed by atoms with van der Waals surface area (Å²) in [7, 11) is 0. The standard InChI is InChI=1S/C21H22N4O2S/c26-15-16-1-7-19(8-2-16)28-20-9-10-22-21(24-20)23-17-3-5-18(6-4-17)25-11-13-27-14-12-25/h1-10,26H,11-15H2,(H,22,23,24). The van der Waals surface area contributed by atoms with Gasteiger partial charge in [0.25, 0.3) is 0 Å². The molecule has 6 nitrogen and oxygen atoms in total. The highest BCUT2D eigenvalue weighted by Gasteiger charge is 2.11. The minimum Gasteiger partial charge on any atom is -0.392 e. The van der Waals surface area contributed by atoms with Crippen LogP contribution in [0.3, 0.4) is 0 Å². The van der Waals surface area contributed by atoms with Gasteiger partial charge in [0.1, 0.15) is 5.03 Å². The molecule has 4 rings (SSSR count). The quantitative estimate of drug-likeness (QED) is 0.618. The first kappa shape index (κ1) is 18.7. The van der Waals surface area contributed by atoms with Crippen molar-refractivity contribution in [2.24, 2.45) is 0 Å². The lowest BCUT2D eigenvalue weighted by atomic mass is 10.2. The van der Waals surface area contributed by atoms with E-state index in [0.29, 0.717) is 5.95 Å². The Kier molecular flexibility index (Phi) is 6.06. The van der Waals surface area contributed by atoms with Crippen LogP contribution >= 0.6 is 11.8 Å². The maximum atomic E-state index is 9.14. The molecule has 0 amide bonds. The first-order chi connectivity index (χ1) is 13.8. The van der Waals surface area contributed by atoms with Gasteiger partial charge in [0.2, 0.25) is 5.95 Å². The minimum absolute atomic E-state index is 0.0524. The Morgan fingerprint density at radius 3 is 2.46 bits per heavy atom. The number of anilines is 3. The summed E-state index contributed by atoms with van der Waals surface area (Å²) in [5.74, 6) is 0.566. The van der Waals surface area contributed by atoms with E-state index in [1.165, 1.54) is 5.69 Å². The van der Waals surface area contributed by atoms with Crippen molar-refractivity contribution in [3.8, 4) is 0 Å². The topological polar surface area (TPSA) is 70.5 Å². The Labute approximate surface area is 168 Å². The van der Waals surface area contributed by atoms with Crippen LogP contribution in [0.4, 0.5) is 17.3 Å². The van der Waals surface area contributed by atoms with Crippen LogP contribution in [0.25, 0.3) is 0 Å². The SMILES string of the molecule is OCc1ccc(Sc2ccnc(Nc3ccc(N4CCOCC4)cc3)n2)cc1. The lowest BCUT2D eigenvalue weighted by Gasteiger charge is -2.28. The van der Waals surface area contributed by atoms with Gasteiger partial charge >= 0.3 is 0 Å². The molecule has 2 heterocycles. The van der Waals surface area contributed by atoms with E-state index in [4.69, 9.17) is 9.84 Å². The molecule has 1 saturated heterocycles. The van der Waals surface area contributed by atoms with Crippen molar-refractivity contribution in [3.05, 3.63) is 66.4 Å². The van der Waals surface area contributed by atoms with Crippen molar-refractivity contribution in [2.75, 3.05) is 36.5 Å². The van der Waals surface area contributed by atoms with Crippen LogP contribution in [-0.2, 0) is 11.3 Å². The molecule has 0 spiro atoms. The molecule has 1 aliphatic heterocycles. The number of aromatic nitrogens is 2. The van der Waals surface area contributed by atoms with Crippen molar-refractivity contribution in [1.82, 2.24) is 9.97 Å². The summed E-state index contributed by atoms with van der Waals surface area (Å²) in [6.07, 6.45) is 1.75. The lowest BCUT2D eigenvalue weighted by molar-refractivity contribution is 0.122. The van der Waals surface area contributed by atoms with E-state index in [1.54, 1.807) is 18.0 Å². The molecular weight excluding hydrogens is 372 g/mol. The molecule has 1 aromatic heterocycles. The number of hydrogen-bond acceptors (Lipinski definition) is 7. The number of benzene rings is 2. The van der Waals surface area contributed by atoms with Crippen molar-refractivity contribution in [2.45, 2.75) is 16.5 Å². The molecule has 1 aliphatic rings. The molecule has 0 unspecified atom stereocenters. The average Bonchev–Trinajstić information content (AvgIpc) is 2.76. The maximum absolute atomic E-state index is 9.14. The van der Waals surface area contributed by atoms with Crippen LogP contribution < -0.4 is 10.2 Å². The van der Waals surface area contributed by atoms with Crippen LogP contribution in [0.5, 0.6) is 0 Å². The van der Waals surface area contributed by atoms with Crippen LogP contribution in [0, 0.1) is 0 Å². The molecule has 1 fully saturated rings. The second kappa shape index (κ2) is 9.05. The van der Waals surface area contributed by atoms with E-state index in [0.717, 1.165) is 47.5 Å². The zero-order valence-corrected chi connectivity index (χ0v) is 16.2. The number of morpholine rings is 1. The van der Waals surface area contributed by atoms with E-state index >= 15 is 0 Å². The number of aliphatic hydroxyl groups excluding tert-OH is 1. The first-order valence-corrected chi connectivity index (χ1v) is 10.0. The summed E-state index contributed by atoms with van der Waals surface area (Å²) in [4.78, 5) is 12.3. The molecule has 2 N–H and O–H groups in total. The molecule has 0 saturated carbocycles. The number of rotatable bonds is 6. The number of ether oxygens (including phenoxy) is 1. The predicted octanol–water partition coefficient (Wildman–Crippen LogP) is 3.70. The normalized spacial score (nSPS) is 14.1. The van der Waals surface area contributed by atoms with Gasteiger partial charge in [0.05, 0.1) is 19.8 Å². The van der Waals surface area contributed by atoms with Crippen LogP contribution in [-0.4, -0.2) is 41.4 Å². The maximum Gasteiger partial charge on any atom is 0.228 e. The Bertz CT molecular complexity index is 897. The van der Waals surface area contributed by atoms with Gasteiger partial charge in [-0.3, -0.25) is 0 Å². The monoisotopic (exact) mass is 394 g/mol. The third kappa shape index (κ3) is 4.81. The molecule has 2 aromatic carbocycles. The predicted molar refractivity (Wildman–Crippen MR) is 111 cm³/mol. The molecular formula is C21H22N4O2S. The van der Waals surface area contributed by atoms with Crippen molar-refractivity contribution in [1.29, 1.82) is 0 Å². The summed E-state index contributed by atoms with van der Waals surface area (Å²) in [6, 6.07) is 18.0. The van der Waals surface area contributed by atoms with Crippen molar-refractivity contribution in [3.63, 3.8) is 0 Å². The van der Waals surface area contributed by atoms with Crippen molar-refractivity contribution >= 4 is 29.1 Å². The van der Waals surface area contributed by atoms with Gasteiger partial charge in [-0.05, 0) is 48.0 Å². The summed E-state index contributed by atoms with van der Waals surface area (Å²) in [6.45, 7) is 3.46. The van der Waals surface area contributed by atoms with E-state index in [-0.39, 0.29) is 6.61 Å². The fraction of sp³-hybridized carbons (Fsp3) is 0.238. The minimum atomic E-state index is 0.0524. The Morgan fingerprint density at radius 1 is 1.00 bits per heavy atom. The Balaban J connectivity index is 1.41. The highest BCUT2D eigenvalue weighted by atomic mass is 32.2. The van der Waals surface area contributed by atoms with Gasteiger partial charge in [-0.1, -0.05) is 23.9 Å². The Morgan fingerprint density at radius 2 is 1.75 bits per heavy atom. The Hall–Kier alpha value is -2.61. The highest BCUT2D eigenvalue weighted by molar-refractivity contribution is 7.99. The molecule has 0 bridgehead atoms. The largest absolute Gasteiger partial charge is 0.392 e. The summed E-state index contributed by atoms with van der Waals surface area (Å²) < 4.78 is 5.41. The second-order valence-corrected chi connectivity index (χ2v) is 7.49. The van der Waals surface area contributed by atoms with Gasteiger partial charge in [0.15, 0.2) is 0 Å². The second-order valence-electron chi connectivity index (χ2n) is 6.39. The molecule has 7 heteroatoms. The zero-order chi connectivity index (χ0) is 19.2. The molecule has 3 aromatic rings. The third-order valence-electron chi connectivity index (χ3n) is 4.46. The number of aliphatic hydroxyl groups is 1. The number of hydrogen-bond donors (Lipinski definition) is 2. The zero-order valence-electron chi connectivity index (χ0n) is 15.4. The molecule has 28 heavy (non-hydrogen) atoms. The molecule has 144 valence electrons.